The summed E-state index contributed by atoms with van der Waals surface area (Å²) in [6.07, 6.45) is -3.88. The number of Topliss-reactive ketones (excluding diaryl/α,β-unsaturated/α-hetero) is 1. The van der Waals surface area contributed by atoms with E-state index in [0.717, 1.165) is 12.1 Å². The minimum Gasteiger partial charge on any atom is -0.507 e. The largest absolute Gasteiger partial charge is 0.510 e. The van der Waals surface area contributed by atoms with Crippen molar-refractivity contribution in [1.82, 2.24) is 15.5 Å². The van der Waals surface area contributed by atoms with E-state index in [4.69, 9.17) is 28.0 Å². The number of ketones is 1. The zero-order valence-electron chi connectivity index (χ0n) is 29.1. The molecule has 284 valence electrons. The fourth-order valence-electron chi connectivity index (χ4n) is 4.93. The Hall–Kier alpha value is -4.09. The van der Waals surface area contributed by atoms with E-state index in [9.17, 15) is 42.7 Å². The van der Waals surface area contributed by atoms with E-state index < -0.39 is 92.3 Å². The number of carbonyl (C=O) groups is 4. The summed E-state index contributed by atoms with van der Waals surface area (Å²) in [5.74, 6) is -3.82. The van der Waals surface area contributed by atoms with Crippen molar-refractivity contribution in [3.05, 3.63) is 58.6 Å². The number of aliphatic hydroxyl groups is 2. The molecule has 2 atom stereocenters. The Bertz CT molecular complexity index is 1530. The molecule has 19 heteroatoms. The lowest BCUT2D eigenvalue weighted by atomic mass is 9.74. The number of amides is 1. The van der Waals surface area contributed by atoms with Gasteiger partial charge in [-0.25, -0.2) is 18.4 Å². The van der Waals surface area contributed by atoms with Gasteiger partial charge in [-0.15, -0.1) is 0 Å². The smallest absolute Gasteiger partial charge is 0.507 e. The maximum Gasteiger partial charge on any atom is 0.510 e. The van der Waals surface area contributed by atoms with Crippen LogP contribution in [0.4, 0.5) is 18.4 Å². The normalized spacial score (nSPS) is 18.7. The van der Waals surface area contributed by atoms with Crippen LogP contribution in [0.2, 0.25) is 0 Å². The molecule has 3 rings (SSSR count). The molecular formula is C32H44F2N3O13P. The molecule has 16 nitrogen and oxygen atoms in total. The molecule has 0 bridgehead atoms. The van der Waals surface area contributed by atoms with Crippen molar-refractivity contribution >= 4 is 31.6 Å². The predicted molar refractivity (Wildman–Crippen MR) is 174 cm³/mol. The van der Waals surface area contributed by atoms with Gasteiger partial charge in [0.05, 0.1) is 23.9 Å². The maximum atomic E-state index is 14.1. The van der Waals surface area contributed by atoms with Crippen molar-refractivity contribution in [2.45, 2.75) is 78.9 Å². The molecule has 4 N–H and O–H groups in total. The Morgan fingerprint density at radius 2 is 1.63 bits per heavy atom. The molecule has 0 radical (unpaired) electrons. The number of fused-ring (bicyclic) bond motifs is 1. The number of rotatable bonds is 16. The van der Waals surface area contributed by atoms with Gasteiger partial charge in [0.15, 0.2) is 11.5 Å². The summed E-state index contributed by atoms with van der Waals surface area (Å²) in [4.78, 5) is 51.3. The number of nitrogens with one attached hydrogen (secondary N) is 2. The highest BCUT2D eigenvalue weighted by Gasteiger charge is 2.49. The lowest BCUT2D eigenvalue weighted by molar-refractivity contribution is -0.130. The van der Waals surface area contributed by atoms with Gasteiger partial charge in [-0.2, -0.15) is 0 Å². The van der Waals surface area contributed by atoms with Gasteiger partial charge in [-0.1, -0.05) is 19.9 Å². The third kappa shape index (κ3) is 11.5. The molecule has 2 unspecified atom stereocenters. The minimum absolute atomic E-state index is 0.0158. The number of aliphatic hydroxyl groups excluding tert-OH is 2. The van der Waals surface area contributed by atoms with Crippen LogP contribution in [0.25, 0.3) is 0 Å². The van der Waals surface area contributed by atoms with Crippen molar-refractivity contribution in [1.29, 1.82) is 0 Å². The molecule has 2 aliphatic heterocycles. The Morgan fingerprint density at radius 1 is 1.04 bits per heavy atom. The second-order valence-electron chi connectivity index (χ2n) is 12.7. The number of hydrogen-bond donors (Lipinski definition) is 4. The summed E-state index contributed by atoms with van der Waals surface area (Å²) in [5, 5.41) is 27.2. The molecule has 0 aromatic heterocycles. The van der Waals surface area contributed by atoms with Gasteiger partial charge in [0, 0.05) is 42.4 Å². The average molecular weight is 748 g/mol. The quantitative estimate of drug-likeness (QED) is 0.0811. The topological polar surface area (TPSA) is 208 Å². The van der Waals surface area contributed by atoms with Crippen LogP contribution >= 0.6 is 7.60 Å². The number of hydrogen-bond acceptors (Lipinski definition) is 15. The van der Waals surface area contributed by atoms with Crippen molar-refractivity contribution in [3.63, 3.8) is 0 Å². The number of ether oxygens (including phenoxy) is 4. The van der Waals surface area contributed by atoms with Crippen LogP contribution in [-0.2, 0) is 48.7 Å². The van der Waals surface area contributed by atoms with E-state index in [0.29, 0.717) is 6.07 Å². The molecule has 51 heavy (non-hydrogen) atoms. The van der Waals surface area contributed by atoms with E-state index >= 15 is 0 Å². The third-order valence-electron chi connectivity index (χ3n) is 7.66. The summed E-state index contributed by atoms with van der Waals surface area (Å²) in [5.41, 5.74) is -1.68. The monoisotopic (exact) mass is 747 g/mol. The van der Waals surface area contributed by atoms with Gasteiger partial charge >= 0.3 is 19.9 Å². The van der Waals surface area contributed by atoms with Gasteiger partial charge in [-0.3, -0.25) is 23.2 Å². The third-order valence-corrected chi connectivity index (χ3v) is 9.52. The maximum absolute atomic E-state index is 14.1. The number of carbonyl (C=O) groups excluding carboxylic acids is 4. The number of piperidine rings is 1. The highest BCUT2D eigenvalue weighted by Crippen LogP contribution is 2.48. The van der Waals surface area contributed by atoms with Gasteiger partial charge < -0.3 is 44.7 Å². The van der Waals surface area contributed by atoms with Crippen LogP contribution in [0.1, 0.15) is 53.5 Å². The van der Waals surface area contributed by atoms with Crippen molar-refractivity contribution in [3.8, 4) is 0 Å². The molecule has 2 aliphatic rings. The number of nitrogens with zero attached hydrogens (tertiary/aromatic N) is 1. The van der Waals surface area contributed by atoms with Crippen LogP contribution in [-0.4, -0.2) is 96.3 Å². The van der Waals surface area contributed by atoms with Crippen LogP contribution in [0.15, 0.2) is 41.4 Å². The first-order chi connectivity index (χ1) is 23.8. The summed E-state index contributed by atoms with van der Waals surface area (Å²) in [6.45, 7) is 7.87. The fraction of sp³-hybridized carbons (Fsp3) is 0.562. The molecule has 0 spiro atoms. The molecule has 1 saturated heterocycles. The highest BCUT2D eigenvalue weighted by atomic mass is 31.2. The molecule has 0 saturated carbocycles. The molecule has 1 aromatic carbocycles. The molecular weight excluding hydrogens is 703 g/mol. The van der Waals surface area contributed by atoms with Gasteiger partial charge in [0.1, 0.15) is 23.4 Å². The Balaban J connectivity index is 1.66. The second kappa shape index (κ2) is 17.9. The van der Waals surface area contributed by atoms with Gasteiger partial charge in [0.2, 0.25) is 13.6 Å². The first kappa shape index (κ1) is 41.3. The molecule has 1 fully saturated rings. The van der Waals surface area contributed by atoms with Crippen LogP contribution < -0.4 is 10.6 Å². The number of halogens is 2. The zero-order valence-corrected chi connectivity index (χ0v) is 30.0. The SMILES string of the molecule is CC(C)OC(=O)OCOP(=O)(CCCNC1CN2C=C(C(=O)NCc3ccc(F)cc3F)C(O)C(O)=C2C(=O)C1(C)C)OCOC(=O)OC(C)C. The Kier molecular flexibility index (Phi) is 14.5. The summed E-state index contributed by atoms with van der Waals surface area (Å²) in [6, 6.07) is 2.22. The summed E-state index contributed by atoms with van der Waals surface area (Å²) in [7, 11) is -4.05. The van der Waals surface area contributed by atoms with Crippen LogP contribution in [0.3, 0.4) is 0 Å². The minimum atomic E-state index is -4.05. The van der Waals surface area contributed by atoms with Crippen molar-refractivity contribution in [2.24, 2.45) is 5.41 Å². The standard InChI is InChI=1S/C32H44F2N3O13P/c1-18(2)49-30(42)45-16-47-51(44,48-17-46-31(43)50-19(3)4)11-7-10-35-24-15-37-14-22(26(38)27(39)25(37)28(40)32(24,5)6)29(41)36-13-20-8-9-21(33)12-23(20)34/h8-9,12,14,18-19,24,26,35,38-39H,7,10-11,13,15-17H2,1-6H3,(H,36,41). The zero-order chi connectivity index (χ0) is 38.1. The van der Waals surface area contributed by atoms with E-state index in [1.54, 1.807) is 41.5 Å². The Labute approximate surface area is 293 Å². The van der Waals surface area contributed by atoms with E-state index in [1.165, 1.54) is 11.1 Å². The molecule has 0 aliphatic carbocycles. The Morgan fingerprint density at radius 3 is 2.18 bits per heavy atom. The first-order valence-corrected chi connectivity index (χ1v) is 17.7. The van der Waals surface area contributed by atoms with E-state index in [-0.39, 0.29) is 49.1 Å². The first-order valence-electron chi connectivity index (χ1n) is 16.0. The van der Waals surface area contributed by atoms with E-state index in [2.05, 4.69) is 10.6 Å². The van der Waals surface area contributed by atoms with Crippen LogP contribution in [0.5, 0.6) is 0 Å². The molecule has 1 amide bonds. The number of allylic oxidation sites excluding steroid dienone is 1. The second-order valence-corrected chi connectivity index (χ2v) is 14.8. The van der Waals surface area contributed by atoms with Crippen molar-refractivity contribution in [2.75, 3.05) is 32.8 Å². The lowest BCUT2D eigenvalue weighted by Gasteiger charge is -2.46. The molecule has 1 aromatic rings. The summed E-state index contributed by atoms with van der Waals surface area (Å²) >= 11 is 0. The van der Waals surface area contributed by atoms with Crippen LogP contribution in [0, 0.1) is 17.0 Å². The molecule has 2 heterocycles. The fourth-order valence-corrected chi connectivity index (χ4v) is 6.23. The predicted octanol–water partition coefficient (Wildman–Crippen LogP) is 4.13. The number of benzene rings is 1. The van der Waals surface area contributed by atoms with Gasteiger partial charge in [0.25, 0.3) is 5.91 Å². The van der Waals surface area contributed by atoms with E-state index in [1.807, 2.05) is 0 Å². The summed E-state index contributed by atoms with van der Waals surface area (Å²) < 4.78 is 70.4. The van der Waals surface area contributed by atoms with Gasteiger partial charge in [-0.05, 0) is 46.7 Å². The van der Waals surface area contributed by atoms with Crippen molar-refractivity contribution < 1.29 is 70.7 Å². The average Bonchev–Trinajstić information content (AvgIpc) is 3.02. The highest BCUT2D eigenvalue weighted by molar-refractivity contribution is 7.53. The lowest BCUT2D eigenvalue weighted by Crippen LogP contribution is -2.59.